The molecule has 1 rings (SSSR count). The Bertz CT molecular complexity index is 358. The summed E-state index contributed by atoms with van der Waals surface area (Å²) in [6.45, 7) is 11.9. The fraction of sp³-hybridized carbons (Fsp3) is 0.625. The molecule has 1 aromatic carbocycles. The highest BCUT2D eigenvalue weighted by Crippen LogP contribution is 2.31. The van der Waals surface area contributed by atoms with Gasteiger partial charge in [-0.15, -0.1) is 0 Å². The van der Waals surface area contributed by atoms with Crippen LogP contribution in [0.4, 0.5) is 4.39 Å². The van der Waals surface area contributed by atoms with Crippen LogP contribution in [0, 0.1) is 5.82 Å². The zero-order valence-corrected chi connectivity index (χ0v) is 12.3. The van der Waals surface area contributed by atoms with E-state index in [9.17, 15) is 4.39 Å². The van der Waals surface area contributed by atoms with Crippen molar-refractivity contribution in [3.8, 4) is 0 Å². The molecule has 0 radical (unpaired) electrons. The van der Waals surface area contributed by atoms with Crippen molar-refractivity contribution < 1.29 is 4.39 Å². The first-order valence-corrected chi connectivity index (χ1v) is 6.84. The first-order chi connectivity index (χ1) is 8.33. The van der Waals surface area contributed by atoms with Crippen LogP contribution >= 0.6 is 0 Å². The minimum absolute atomic E-state index is 0.0982. The van der Waals surface area contributed by atoms with Gasteiger partial charge >= 0.3 is 0 Å². The first kappa shape index (κ1) is 15.2. The maximum atomic E-state index is 13.0. The third-order valence-corrected chi connectivity index (χ3v) is 3.77. The van der Waals surface area contributed by atoms with Gasteiger partial charge in [0.2, 0.25) is 0 Å². The van der Waals surface area contributed by atoms with Crippen LogP contribution in [0.3, 0.4) is 0 Å². The summed E-state index contributed by atoms with van der Waals surface area (Å²) in [4.78, 5) is 0. The number of halogens is 1. The highest BCUT2D eigenvalue weighted by atomic mass is 19.1. The first-order valence-electron chi connectivity index (χ1n) is 6.84. The average Bonchev–Trinajstić information content (AvgIpc) is 2.32. The normalized spacial score (nSPS) is 12.8. The monoisotopic (exact) mass is 251 g/mol. The van der Waals surface area contributed by atoms with Crippen molar-refractivity contribution in [1.29, 1.82) is 0 Å². The molecule has 0 unspecified atom stereocenters. The summed E-state index contributed by atoms with van der Waals surface area (Å²) in [5.41, 5.74) is 1.43. The second kappa shape index (κ2) is 5.83. The Morgan fingerprint density at radius 1 is 1.00 bits per heavy atom. The molecule has 1 aromatic rings. The Balaban J connectivity index is 2.95. The van der Waals surface area contributed by atoms with E-state index in [2.05, 4.69) is 39.9 Å². The summed E-state index contributed by atoms with van der Waals surface area (Å²) >= 11 is 0. The van der Waals surface area contributed by atoms with Crippen LogP contribution in [0.1, 0.15) is 53.0 Å². The highest BCUT2D eigenvalue weighted by molar-refractivity contribution is 5.26. The van der Waals surface area contributed by atoms with Crippen molar-refractivity contribution >= 4 is 0 Å². The van der Waals surface area contributed by atoms with Crippen molar-refractivity contribution in [1.82, 2.24) is 5.32 Å². The summed E-state index contributed by atoms with van der Waals surface area (Å²) in [5.74, 6) is -0.163. The van der Waals surface area contributed by atoms with Crippen LogP contribution in [0.5, 0.6) is 0 Å². The number of rotatable bonds is 5. The van der Waals surface area contributed by atoms with E-state index >= 15 is 0 Å². The van der Waals surface area contributed by atoms with Gasteiger partial charge in [-0.2, -0.15) is 0 Å². The Morgan fingerprint density at radius 2 is 1.50 bits per heavy atom. The van der Waals surface area contributed by atoms with Gasteiger partial charge in [0.25, 0.3) is 0 Å². The van der Waals surface area contributed by atoms with Gasteiger partial charge in [0, 0.05) is 17.5 Å². The van der Waals surface area contributed by atoms with E-state index in [1.165, 1.54) is 5.56 Å². The topological polar surface area (TPSA) is 12.0 Å². The molecule has 0 saturated carbocycles. The Labute approximate surface area is 111 Å². The molecule has 0 bridgehead atoms. The van der Waals surface area contributed by atoms with Crippen LogP contribution in [-0.2, 0) is 5.41 Å². The Kier molecular flexibility index (Phi) is 4.92. The predicted octanol–water partition coefficient (Wildman–Crippen LogP) is 4.27. The van der Waals surface area contributed by atoms with Gasteiger partial charge in [-0.3, -0.25) is 0 Å². The zero-order chi connectivity index (χ0) is 13.8. The van der Waals surface area contributed by atoms with Crippen molar-refractivity contribution in [3.05, 3.63) is 35.6 Å². The summed E-state index contributed by atoms with van der Waals surface area (Å²) in [5, 5.41) is 3.58. The molecule has 2 heteroatoms. The maximum absolute atomic E-state index is 13.0. The molecular weight excluding hydrogens is 225 g/mol. The molecule has 0 fully saturated rings. The summed E-state index contributed by atoms with van der Waals surface area (Å²) in [7, 11) is 0. The number of benzene rings is 1. The predicted molar refractivity (Wildman–Crippen MR) is 76.4 cm³/mol. The van der Waals surface area contributed by atoms with Crippen LogP contribution < -0.4 is 5.32 Å². The molecule has 0 heterocycles. The van der Waals surface area contributed by atoms with Gasteiger partial charge < -0.3 is 5.32 Å². The number of hydrogen-bond acceptors (Lipinski definition) is 1. The SMILES string of the molecule is CCC(CC)(CNC(C)(C)C)c1ccc(F)cc1. The smallest absolute Gasteiger partial charge is 0.123 e. The fourth-order valence-electron chi connectivity index (χ4n) is 2.25. The van der Waals surface area contributed by atoms with E-state index in [0.717, 1.165) is 19.4 Å². The lowest BCUT2D eigenvalue weighted by Gasteiger charge is -2.36. The molecule has 0 aliphatic heterocycles. The zero-order valence-electron chi connectivity index (χ0n) is 12.3. The van der Waals surface area contributed by atoms with Crippen LogP contribution in [-0.4, -0.2) is 12.1 Å². The van der Waals surface area contributed by atoms with Crippen molar-refractivity contribution in [2.75, 3.05) is 6.54 Å². The van der Waals surface area contributed by atoms with Gasteiger partial charge in [0.1, 0.15) is 5.82 Å². The van der Waals surface area contributed by atoms with Gasteiger partial charge in [-0.1, -0.05) is 26.0 Å². The second-order valence-corrected chi connectivity index (χ2v) is 6.10. The van der Waals surface area contributed by atoms with Crippen molar-refractivity contribution in [2.24, 2.45) is 0 Å². The third kappa shape index (κ3) is 3.81. The molecule has 18 heavy (non-hydrogen) atoms. The average molecular weight is 251 g/mol. The lowest BCUT2D eigenvalue weighted by atomic mass is 9.75. The maximum Gasteiger partial charge on any atom is 0.123 e. The van der Waals surface area contributed by atoms with E-state index in [0.29, 0.717) is 0 Å². The highest BCUT2D eigenvalue weighted by Gasteiger charge is 2.29. The fourth-order valence-corrected chi connectivity index (χ4v) is 2.25. The molecule has 0 atom stereocenters. The number of hydrogen-bond donors (Lipinski definition) is 1. The molecule has 0 aliphatic rings. The molecule has 0 spiro atoms. The van der Waals surface area contributed by atoms with Gasteiger partial charge in [-0.05, 0) is 51.3 Å². The third-order valence-electron chi connectivity index (χ3n) is 3.77. The van der Waals surface area contributed by atoms with E-state index < -0.39 is 0 Å². The quantitative estimate of drug-likeness (QED) is 0.824. The Morgan fingerprint density at radius 3 is 1.89 bits per heavy atom. The van der Waals surface area contributed by atoms with Crippen LogP contribution in [0.25, 0.3) is 0 Å². The molecule has 0 aliphatic carbocycles. The van der Waals surface area contributed by atoms with E-state index in [4.69, 9.17) is 0 Å². The van der Waals surface area contributed by atoms with E-state index in [1.807, 2.05) is 12.1 Å². The molecule has 0 amide bonds. The standard InChI is InChI=1S/C16H26FN/c1-6-16(7-2,12-18-15(3,4)5)13-8-10-14(17)11-9-13/h8-11,18H,6-7,12H2,1-5H3. The second-order valence-electron chi connectivity index (χ2n) is 6.10. The van der Waals surface area contributed by atoms with Crippen LogP contribution in [0.2, 0.25) is 0 Å². The largest absolute Gasteiger partial charge is 0.311 e. The van der Waals surface area contributed by atoms with Crippen LogP contribution in [0.15, 0.2) is 24.3 Å². The summed E-state index contributed by atoms with van der Waals surface area (Å²) in [6, 6.07) is 6.97. The number of nitrogens with one attached hydrogen (secondary N) is 1. The minimum atomic E-state index is -0.163. The van der Waals surface area contributed by atoms with Gasteiger partial charge in [0.15, 0.2) is 0 Å². The molecule has 1 nitrogen and oxygen atoms in total. The molecule has 0 saturated heterocycles. The Hall–Kier alpha value is -0.890. The van der Waals surface area contributed by atoms with E-state index in [1.54, 1.807) is 12.1 Å². The van der Waals surface area contributed by atoms with Crippen molar-refractivity contribution in [3.63, 3.8) is 0 Å². The summed E-state index contributed by atoms with van der Waals surface area (Å²) in [6.07, 6.45) is 2.11. The van der Waals surface area contributed by atoms with Gasteiger partial charge in [0.05, 0.1) is 0 Å². The molecular formula is C16H26FN. The summed E-state index contributed by atoms with van der Waals surface area (Å²) < 4.78 is 13.0. The minimum Gasteiger partial charge on any atom is -0.311 e. The lowest BCUT2D eigenvalue weighted by molar-refractivity contribution is 0.312. The van der Waals surface area contributed by atoms with Gasteiger partial charge in [-0.25, -0.2) is 4.39 Å². The molecule has 102 valence electrons. The molecule has 0 aromatic heterocycles. The van der Waals surface area contributed by atoms with Crippen molar-refractivity contribution in [2.45, 2.75) is 58.4 Å². The molecule has 1 N–H and O–H groups in total. The lowest BCUT2D eigenvalue weighted by Crippen LogP contribution is -2.45. The van der Waals surface area contributed by atoms with E-state index in [-0.39, 0.29) is 16.8 Å².